The Morgan fingerprint density at radius 1 is 1.38 bits per heavy atom. The minimum atomic E-state index is -0.368. The zero-order valence-corrected chi connectivity index (χ0v) is 15.8. The van der Waals surface area contributed by atoms with Crippen molar-refractivity contribution in [1.29, 1.82) is 0 Å². The lowest BCUT2D eigenvalue weighted by Crippen LogP contribution is -2.11. The molecule has 3 aromatic rings. The van der Waals surface area contributed by atoms with Crippen molar-refractivity contribution in [2.24, 2.45) is 0 Å². The highest BCUT2D eigenvalue weighted by atomic mass is 32.2. The summed E-state index contributed by atoms with van der Waals surface area (Å²) in [5.74, 6) is 0.936. The first-order chi connectivity index (χ1) is 12.7. The van der Waals surface area contributed by atoms with Gasteiger partial charge in [-0.15, -0.1) is 28.2 Å². The van der Waals surface area contributed by atoms with Crippen LogP contribution in [0, 0.1) is 6.92 Å². The van der Waals surface area contributed by atoms with Crippen molar-refractivity contribution in [3.8, 4) is 0 Å². The molecule has 0 spiro atoms. The van der Waals surface area contributed by atoms with Gasteiger partial charge in [-0.25, -0.2) is 14.5 Å². The van der Waals surface area contributed by atoms with Crippen molar-refractivity contribution < 1.29 is 9.53 Å². The van der Waals surface area contributed by atoms with Crippen LogP contribution in [-0.2, 0) is 17.1 Å². The summed E-state index contributed by atoms with van der Waals surface area (Å²) in [5, 5.41) is 14.7. The number of carbonyl (C=O) groups excluding carboxylic acids is 1. The van der Waals surface area contributed by atoms with Gasteiger partial charge in [0.15, 0.2) is 12.4 Å². The molecule has 0 saturated heterocycles. The third-order valence-corrected chi connectivity index (χ3v) is 5.86. The predicted octanol–water partition coefficient (Wildman–Crippen LogP) is 3.42. The number of aromatic nitrogens is 5. The Labute approximate surface area is 158 Å². The number of tetrazole rings is 1. The molecule has 2 heterocycles. The average Bonchev–Trinajstić information content (AvgIpc) is 3.24. The van der Waals surface area contributed by atoms with E-state index in [1.165, 1.54) is 0 Å². The lowest BCUT2D eigenvalue weighted by atomic mass is 10.2. The number of rotatable bonds is 7. The molecular formula is C17H17N5O2S2. The number of ether oxygens (including phenoxy) is 1. The molecule has 0 unspecified atom stereocenters. The van der Waals surface area contributed by atoms with Gasteiger partial charge < -0.3 is 4.74 Å². The summed E-state index contributed by atoms with van der Waals surface area (Å²) < 4.78 is 7.21. The average molecular weight is 387 g/mol. The van der Waals surface area contributed by atoms with E-state index in [-0.39, 0.29) is 12.6 Å². The van der Waals surface area contributed by atoms with E-state index in [9.17, 15) is 4.79 Å². The summed E-state index contributed by atoms with van der Waals surface area (Å²) in [5.41, 5.74) is 1.57. The van der Waals surface area contributed by atoms with Crippen LogP contribution in [0.1, 0.15) is 45.8 Å². The van der Waals surface area contributed by atoms with Gasteiger partial charge in [-0.2, -0.15) is 0 Å². The molecule has 0 aliphatic heterocycles. The first kappa shape index (κ1) is 17.2. The van der Waals surface area contributed by atoms with E-state index < -0.39 is 0 Å². The van der Waals surface area contributed by atoms with Crippen LogP contribution in [0.3, 0.4) is 0 Å². The second kappa shape index (κ2) is 7.55. The molecule has 26 heavy (non-hydrogen) atoms. The van der Waals surface area contributed by atoms with E-state index in [0.717, 1.165) is 28.4 Å². The molecule has 0 bridgehead atoms. The van der Waals surface area contributed by atoms with Gasteiger partial charge in [0.05, 0.1) is 22.3 Å². The maximum Gasteiger partial charge on any atom is 0.339 e. The maximum atomic E-state index is 12.5. The molecular weight excluding hydrogens is 370 g/mol. The van der Waals surface area contributed by atoms with Crippen LogP contribution in [0.15, 0.2) is 34.5 Å². The van der Waals surface area contributed by atoms with Crippen LogP contribution in [0.25, 0.3) is 0 Å². The molecule has 1 aromatic carbocycles. The van der Waals surface area contributed by atoms with Gasteiger partial charge in [-0.05, 0) is 42.3 Å². The van der Waals surface area contributed by atoms with E-state index in [0.29, 0.717) is 23.2 Å². The molecule has 0 N–H and O–H groups in total. The fourth-order valence-electron chi connectivity index (χ4n) is 2.51. The minimum absolute atomic E-state index is 0.0760. The van der Waals surface area contributed by atoms with Crippen LogP contribution in [0.4, 0.5) is 0 Å². The zero-order chi connectivity index (χ0) is 17.9. The van der Waals surface area contributed by atoms with E-state index >= 15 is 0 Å². The van der Waals surface area contributed by atoms with E-state index in [1.54, 1.807) is 33.8 Å². The van der Waals surface area contributed by atoms with Crippen molar-refractivity contribution in [2.75, 3.05) is 0 Å². The summed E-state index contributed by atoms with van der Waals surface area (Å²) in [6.07, 6.45) is 2.14. The van der Waals surface area contributed by atoms with E-state index in [4.69, 9.17) is 4.74 Å². The number of nitrogens with zero attached hydrogens (tertiary/aromatic N) is 5. The fourth-order valence-corrected chi connectivity index (χ4v) is 4.16. The Morgan fingerprint density at radius 2 is 2.23 bits per heavy atom. The van der Waals surface area contributed by atoms with Crippen molar-refractivity contribution in [2.45, 2.75) is 43.1 Å². The largest absolute Gasteiger partial charge is 0.454 e. The lowest BCUT2D eigenvalue weighted by Gasteiger charge is -2.09. The topological polar surface area (TPSA) is 82.8 Å². The number of thioether (sulfide) groups is 1. The van der Waals surface area contributed by atoms with E-state index in [2.05, 4.69) is 20.5 Å². The van der Waals surface area contributed by atoms with E-state index in [1.807, 2.05) is 30.5 Å². The van der Waals surface area contributed by atoms with Gasteiger partial charge in [-0.3, -0.25) is 0 Å². The monoisotopic (exact) mass is 387 g/mol. The molecule has 0 atom stereocenters. The van der Waals surface area contributed by atoms with Crippen LogP contribution >= 0.6 is 23.1 Å². The molecule has 7 nitrogen and oxygen atoms in total. The van der Waals surface area contributed by atoms with Gasteiger partial charge in [0, 0.05) is 16.0 Å². The summed E-state index contributed by atoms with van der Waals surface area (Å²) >= 11 is 3.21. The molecule has 2 aromatic heterocycles. The first-order valence-electron chi connectivity index (χ1n) is 8.27. The highest BCUT2D eigenvalue weighted by molar-refractivity contribution is 7.98. The minimum Gasteiger partial charge on any atom is -0.454 e. The van der Waals surface area contributed by atoms with Crippen LogP contribution in [0.2, 0.25) is 0 Å². The van der Waals surface area contributed by atoms with Crippen molar-refractivity contribution >= 4 is 29.1 Å². The summed E-state index contributed by atoms with van der Waals surface area (Å²) in [6.45, 7) is 2.06. The molecule has 0 radical (unpaired) electrons. The molecule has 9 heteroatoms. The zero-order valence-electron chi connectivity index (χ0n) is 14.2. The number of carbonyl (C=O) groups is 1. The highest BCUT2D eigenvalue weighted by Gasteiger charge is 2.28. The second-order valence-electron chi connectivity index (χ2n) is 5.99. The summed E-state index contributed by atoms with van der Waals surface area (Å²) in [6, 6.07) is 7.80. The van der Waals surface area contributed by atoms with Gasteiger partial charge in [0.1, 0.15) is 0 Å². The number of thiazole rings is 1. The standard InChI is InChI=1S/C17H17N5O2S2/c1-11-18-12(9-25-11)10-26-15-5-3-2-4-14(15)17(23)24-8-16-19-20-21-22(16)13-6-7-13/h2-5,9,13H,6-8,10H2,1H3. The molecule has 1 aliphatic rings. The Bertz CT molecular complexity index is 919. The molecule has 1 fully saturated rings. The molecule has 134 valence electrons. The molecule has 1 aliphatic carbocycles. The van der Waals surface area contributed by atoms with Gasteiger partial charge in [0.25, 0.3) is 0 Å². The first-order valence-corrected chi connectivity index (χ1v) is 10.1. The molecule has 0 amide bonds. The molecule has 1 saturated carbocycles. The number of hydrogen-bond acceptors (Lipinski definition) is 8. The number of aryl methyl sites for hydroxylation is 1. The smallest absolute Gasteiger partial charge is 0.339 e. The highest BCUT2D eigenvalue weighted by Crippen LogP contribution is 2.34. The van der Waals surface area contributed by atoms with Gasteiger partial charge in [0.2, 0.25) is 0 Å². The number of esters is 1. The maximum absolute atomic E-state index is 12.5. The predicted molar refractivity (Wildman–Crippen MR) is 98.1 cm³/mol. The van der Waals surface area contributed by atoms with Gasteiger partial charge in [-0.1, -0.05) is 12.1 Å². The Hall–Kier alpha value is -2.26. The Morgan fingerprint density at radius 3 is 3.00 bits per heavy atom. The van der Waals surface area contributed by atoms with Crippen molar-refractivity contribution in [3.63, 3.8) is 0 Å². The number of hydrogen-bond donors (Lipinski definition) is 0. The van der Waals surface area contributed by atoms with Crippen LogP contribution < -0.4 is 0 Å². The van der Waals surface area contributed by atoms with Gasteiger partial charge >= 0.3 is 5.97 Å². The Balaban J connectivity index is 1.41. The molecule has 4 rings (SSSR count). The fraction of sp³-hybridized carbons (Fsp3) is 0.353. The quantitative estimate of drug-likeness (QED) is 0.454. The Kier molecular flexibility index (Phi) is 4.98. The summed E-state index contributed by atoms with van der Waals surface area (Å²) in [4.78, 5) is 17.9. The lowest BCUT2D eigenvalue weighted by molar-refractivity contribution is 0.0452. The van der Waals surface area contributed by atoms with Crippen molar-refractivity contribution in [3.05, 3.63) is 51.7 Å². The number of benzene rings is 1. The van der Waals surface area contributed by atoms with Crippen molar-refractivity contribution in [1.82, 2.24) is 25.2 Å². The SMILES string of the molecule is Cc1nc(CSc2ccccc2C(=O)OCc2nnnn2C2CC2)cs1. The normalized spacial score (nSPS) is 13.7. The third-order valence-electron chi connectivity index (χ3n) is 3.94. The van der Waals surface area contributed by atoms with Crippen LogP contribution in [-0.4, -0.2) is 31.2 Å². The van der Waals surface area contributed by atoms with Crippen LogP contribution in [0.5, 0.6) is 0 Å². The third kappa shape index (κ3) is 3.94. The second-order valence-corrected chi connectivity index (χ2v) is 8.07. The summed E-state index contributed by atoms with van der Waals surface area (Å²) in [7, 11) is 0.